The first-order valence-corrected chi connectivity index (χ1v) is 5.63. The molecule has 0 bridgehead atoms. The van der Waals surface area contributed by atoms with Crippen LogP contribution >= 0.6 is 0 Å². The van der Waals surface area contributed by atoms with Gasteiger partial charge < -0.3 is 4.90 Å². The average Bonchev–Trinajstić information content (AvgIpc) is 2.52. The first-order valence-electron chi connectivity index (χ1n) is 5.63. The fourth-order valence-corrected chi connectivity index (χ4v) is 2.89. The van der Waals surface area contributed by atoms with Crippen molar-refractivity contribution in [3.8, 4) is 0 Å². The van der Waals surface area contributed by atoms with E-state index in [1.54, 1.807) is 0 Å². The second kappa shape index (κ2) is 3.76. The highest BCUT2D eigenvalue weighted by Crippen LogP contribution is 2.41. The maximum atomic E-state index is 12.9. The van der Waals surface area contributed by atoms with Crippen molar-refractivity contribution in [2.45, 2.75) is 38.0 Å². The first kappa shape index (κ1) is 10.3. The van der Waals surface area contributed by atoms with Gasteiger partial charge in [-0.05, 0) is 44.7 Å². The summed E-state index contributed by atoms with van der Waals surface area (Å²) in [5, 5.41) is 0. The Hall–Kier alpha value is -0.180. The Morgan fingerprint density at radius 3 is 2.21 bits per heavy atom. The van der Waals surface area contributed by atoms with Crippen LogP contribution in [0.5, 0.6) is 0 Å². The molecule has 0 aromatic carbocycles. The van der Waals surface area contributed by atoms with E-state index in [9.17, 15) is 8.78 Å². The van der Waals surface area contributed by atoms with Crippen molar-refractivity contribution in [1.29, 1.82) is 0 Å². The third-order valence-electron chi connectivity index (χ3n) is 3.86. The van der Waals surface area contributed by atoms with Gasteiger partial charge >= 0.3 is 0 Å². The molecule has 1 nitrogen and oxygen atoms in total. The summed E-state index contributed by atoms with van der Waals surface area (Å²) < 4.78 is 25.9. The van der Waals surface area contributed by atoms with Crippen LogP contribution in [-0.4, -0.2) is 31.0 Å². The fourth-order valence-electron chi connectivity index (χ4n) is 2.89. The lowest BCUT2D eigenvalue weighted by atomic mass is 9.78. The molecule has 2 aliphatic rings. The van der Waals surface area contributed by atoms with Crippen LogP contribution in [0.15, 0.2) is 0 Å². The number of hydrogen-bond acceptors (Lipinski definition) is 1. The summed E-state index contributed by atoms with van der Waals surface area (Å²) in [5.74, 6) is -1.10. The van der Waals surface area contributed by atoms with E-state index in [2.05, 4.69) is 11.9 Å². The monoisotopic (exact) mass is 203 g/mol. The smallest absolute Gasteiger partial charge is 0.248 e. The van der Waals surface area contributed by atoms with Crippen molar-refractivity contribution in [2.75, 3.05) is 20.1 Å². The highest BCUT2D eigenvalue weighted by Gasteiger charge is 2.38. The third-order valence-corrected chi connectivity index (χ3v) is 3.86. The molecule has 0 amide bonds. The van der Waals surface area contributed by atoms with Crippen LogP contribution in [0.2, 0.25) is 0 Å². The number of rotatable bonds is 1. The zero-order valence-corrected chi connectivity index (χ0v) is 8.81. The van der Waals surface area contributed by atoms with Crippen molar-refractivity contribution in [3.05, 3.63) is 0 Å². The first-order chi connectivity index (χ1) is 6.57. The second-order valence-electron chi connectivity index (χ2n) is 5.00. The second-order valence-corrected chi connectivity index (χ2v) is 5.00. The van der Waals surface area contributed by atoms with E-state index in [1.165, 1.54) is 6.42 Å². The number of likely N-dealkylation sites (tertiary alicyclic amines) is 1. The normalized spacial score (nSPS) is 34.9. The van der Waals surface area contributed by atoms with Gasteiger partial charge in [0.25, 0.3) is 0 Å². The molecule has 1 saturated heterocycles. The molecule has 0 spiro atoms. The fraction of sp³-hybridized carbons (Fsp3) is 1.00. The SMILES string of the molecule is CN1CCC(C2CCC(F)(F)CC2)C1. The zero-order chi connectivity index (χ0) is 10.2. The number of nitrogens with zero attached hydrogens (tertiary/aromatic N) is 1. The van der Waals surface area contributed by atoms with E-state index < -0.39 is 5.92 Å². The summed E-state index contributed by atoms with van der Waals surface area (Å²) in [6, 6.07) is 0. The molecule has 14 heavy (non-hydrogen) atoms. The van der Waals surface area contributed by atoms with Crippen molar-refractivity contribution >= 4 is 0 Å². The zero-order valence-electron chi connectivity index (χ0n) is 8.81. The summed E-state index contributed by atoms with van der Waals surface area (Å²) in [4.78, 5) is 2.32. The highest BCUT2D eigenvalue weighted by atomic mass is 19.3. The van der Waals surface area contributed by atoms with Crippen LogP contribution in [-0.2, 0) is 0 Å². The number of alkyl halides is 2. The largest absolute Gasteiger partial charge is 0.306 e. The Morgan fingerprint density at radius 2 is 1.71 bits per heavy atom. The summed E-state index contributed by atoms with van der Waals surface area (Å²) in [6.07, 6.45) is 2.94. The van der Waals surface area contributed by atoms with Crippen molar-refractivity contribution in [3.63, 3.8) is 0 Å². The van der Waals surface area contributed by atoms with Gasteiger partial charge in [0, 0.05) is 19.4 Å². The lowest BCUT2D eigenvalue weighted by molar-refractivity contribution is -0.0516. The van der Waals surface area contributed by atoms with Crippen LogP contribution in [0.1, 0.15) is 32.1 Å². The van der Waals surface area contributed by atoms with Gasteiger partial charge in [0.2, 0.25) is 5.92 Å². The molecule has 1 saturated carbocycles. The summed E-state index contributed by atoms with van der Waals surface area (Å²) >= 11 is 0. The molecule has 0 N–H and O–H groups in total. The molecule has 0 aromatic rings. The quantitative estimate of drug-likeness (QED) is 0.633. The van der Waals surface area contributed by atoms with Gasteiger partial charge in [0.05, 0.1) is 0 Å². The summed E-state index contributed by atoms with van der Waals surface area (Å²) in [5.41, 5.74) is 0. The lowest BCUT2D eigenvalue weighted by Crippen LogP contribution is -2.29. The Balaban J connectivity index is 1.83. The Morgan fingerprint density at radius 1 is 1.07 bits per heavy atom. The van der Waals surface area contributed by atoms with Gasteiger partial charge in [-0.3, -0.25) is 0 Å². The summed E-state index contributed by atoms with van der Waals surface area (Å²) in [6.45, 7) is 2.27. The molecule has 2 fully saturated rings. The van der Waals surface area contributed by atoms with Crippen molar-refractivity contribution < 1.29 is 8.78 Å². The molecule has 82 valence electrons. The maximum absolute atomic E-state index is 12.9. The Labute approximate surface area is 84.5 Å². The van der Waals surface area contributed by atoms with E-state index in [1.807, 2.05) is 0 Å². The molecule has 2 rings (SSSR count). The van der Waals surface area contributed by atoms with Gasteiger partial charge in [-0.1, -0.05) is 0 Å². The molecule has 1 aliphatic carbocycles. The van der Waals surface area contributed by atoms with Crippen LogP contribution in [0, 0.1) is 11.8 Å². The van der Waals surface area contributed by atoms with Gasteiger partial charge in [-0.25, -0.2) is 8.78 Å². The topological polar surface area (TPSA) is 3.24 Å². The minimum Gasteiger partial charge on any atom is -0.306 e. The molecule has 1 atom stereocenters. The lowest BCUT2D eigenvalue weighted by Gasteiger charge is -2.31. The molecule has 0 aromatic heterocycles. The molecular weight excluding hydrogens is 184 g/mol. The standard InChI is InChI=1S/C11H19F2N/c1-14-7-4-10(8-14)9-2-5-11(12,13)6-3-9/h9-10H,2-8H2,1H3. The predicted octanol–water partition coefficient (Wildman–Crippen LogP) is 2.76. The minimum absolute atomic E-state index is 0.123. The van der Waals surface area contributed by atoms with E-state index >= 15 is 0 Å². The molecule has 0 radical (unpaired) electrons. The number of halogens is 2. The van der Waals surface area contributed by atoms with Crippen molar-refractivity contribution in [2.24, 2.45) is 11.8 Å². The summed E-state index contributed by atoms with van der Waals surface area (Å²) in [7, 11) is 2.12. The predicted molar refractivity (Wildman–Crippen MR) is 52.5 cm³/mol. The molecule has 3 heteroatoms. The van der Waals surface area contributed by atoms with Gasteiger partial charge in [-0.2, -0.15) is 0 Å². The van der Waals surface area contributed by atoms with Crippen LogP contribution in [0.25, 0.3) is 0 Å². The Kier molecular flexibility index (Phi) is 2.78. The third kappa shape index (κ3) is 2.25. The van der Waals surface area contributed by atoms with E-state index in [0.717, 1.165) is 25.9 Å². The van der Waals surface area contributed by atoms with E-state index in [-0.39, 0.29) is 12.8 Å². The van der Waals surface area contributed by atoms with Crippen LogP contribution < -0.4 is 0 Å². The van der Waals surface area contributed by atoms with Crippen LogP contribution in [0.3, 0.4) is 0 Å². The van der Waals surface area contributed by atoms with Crippen molar-refractivity contribution in [1.82, 2.24) is 4.90 Å². The molecule has 1 unspecified atom stereocenters. The van der Waals surface area contributed by atoms with Crippen LogP contribution in [0.4, 0.5) is 8.78 Å². The van der Waals surface area contributed by atoms with Gasteiger partial charge in [-0.15, -0.1) is 0 Å². The van der Waals surface area contributed by atoms with Gasteiger partial charge in [0.15, 0.2) is 0 Å². The molecule has 1 heterocycles. The molecular formula is C11H19F2N. The number of hydrogen-bond donors (Lipinski definition) is 0. The van der Waals surface area contributed by atoms with E-state index in [4.69, 9.17) is 0 Å². The molecule has 1 aliphatic heterocycles. The van der Waals surface area contributed by atoms with E-state index in [0.29, 0.717) is 11.8 Å². The minimum atomic E-state index is -2.36. The maximum Gasteiger partial charge on any atom is 0.248 e. The highest BCUT2D eigenvalue weighted by molar-refractivity contribution is 4.85. The average molecular weight is 203 g/mol. The Bertz CT molecular complexity index is 195. The van der Waals surface area contributed by atoms with Gasteiger partial charge in [0.1, 0.15) is 0 Å².